The first-order valence-electron chi connectivity index (χ1n) is 6.32. The van der Waals surface area contributed by atoms with Crippen LogP contribution in [0.4, 0.5) is 5.82 Å². The standard InChI is InChI=1S/C12H16N6O/c1-8-15-16-12-11(13-5-6-18(8)12)14-9-3-4-10(19)17(2)7-9/h5-6,9H,3-4,7H2,1-2H3,(H,13,14). The monoisotopic (exact) mass is 260 g/mol. The van der Waals surface area contributed by atoms with Crippen LogP contribution in [0.25, 0.3) is 5.65 Å². The van der Waals surface area contributed by atoms with Crippen molar-refractivity contribution in [1.82, 2.24) is 24.5 Å². The first-order valence-corrected chi connectivity index (χ1v) is 6.32. The van der Waals surface area contributed by atoms with Crippen molar-refractivity contribution in [3.05, 3.63) is 18.2 Å². The van der Waals surface area contributed by atoms with Crippen LogP contribution in [-0.2, 0) is 4.79 Å². The number of likely N-dealkylation sites (tertiary alicyclic amines) is 1. The van der Waals surface area contributed by atoms with Crippen LogP contribution in [0.15, 0.2) is 12.4 Å². The van der Waals surface area contributed by atoms with Crippen molar-refractivity contribution in [2.45, 2.75) is 25.8 Å². The zero-order valence-electron chi connectivity index (χ0n) is 11.0. The molecule has 2 aromatic rings. The Morgan fingerprint density at radius 2 is 2.26 bits per heavy atom. The molecule has 7 nitrogen and oxygen atoms in total. The molecule has 0 radical (unpaired) electrons. The molecule has 1 unspecified atom stereocenters. The van der Waals surface area contributed by atoms with E-state index in [4.69, 9.17) is 0 Å². The number of amides is 1. The lowest BCUT2D eigenvalue weighted by Crippen LogP contribution is -2.43. The Balaban J connectivity index is 1.84. The van der Waals surface area contributed by atoms with E-state index in [0.717, 1.165) is 23.7 Å². The van der Waals surface area contributed by atoms with Crippen LogP contribution in [0, 0.1) is 6.92 Å². The van der Waals surface area contributed by atoms with E-state index < -0.39 is 0 Å². The lowest BCUT2D eigenvalue weighted by molar-refractivity contribution is -0.132. The normalized spacial score (nSPS) is 20.0. The van der Waals surface area contributed by atoms with E-state index in [-0.39, 0.29) is 11.9 Å². The molecule has 3 rings (SSSR count). The van der Waals surface area contributed by atoms with Gasteiger partial charge in [0.15, 0.2) is 5.82 Å². The predicted octanol–water partition coefficient (Wildman–Crippen LogP) is 0.465. The maximum absolute atomic E-state index is 11.5. The molecule has 1 amide bonds. The van der Waals surface area contributed by atoms with E-state index in [9.17, 15) is 4.79 Å². The van der Waals surface area contributed by atoms with Crippen LogP contribution in [0.5, 0.6) is 0 Å². The van der Waals surface area contributed by atoms with E-state index >= 15 is 0 Å². The van der Waals surface area contributed by atoms with Gasteiger partial charge in [-0.05, 0) is 13.3 Å². The lowest BCUT2D eigenvalue weighted by Gasteiger charge is -2.30. The fourth-order valence-electron chi connectivity index (χ4n) is 2.37. The highest BCUT2D eigenvalue weighted by Crippen LogP contribution is 2.17. The second-order valence-electron chi connectivity index (χ2n) is 4.87. The first-order chi connectivity index (χ1) is 9.15. The van der Waals surface area contributed by atoms with Gasteiger partial charge in [-0.1, -0.05) is 0 Å². The van der Waals surface area contributed by atoms with Gasteiger partial charge in [-0.15, -0.1) is 10.2 Å². The number of aromatic nitrogens is 4. The van der Waals surface area contributed by atoms with Gasteiger partial charge in [0.1, 0.15) is 5.82 Å². The van der Waals surface area contributed by atoms with Gasteiger partial charge in [0.2, 0.25) is 11.6 Å². The van der Waals surface area contributed by atoms with Gasteiger partial charge in [-0.2, -0.15) is 0 Å². The van der Waals surface area contributed by atoms with Crippen molar-refractivity contribution < 1.29 is 4.79 Å². The zero-order chi connectivity index (χ0) is 13.4. The number of nitrogens with zero attached hydrogens (tertiary/aromatic N) is 5. The third kappa shape index (κ3) is 2.11. The summed E-state index contributed by atoms with van der Waals surface area (Å²) in [7, 11) is 1.82. The Kier molecular flexibility index (Phi) is 2.81. The van der Waals surface area contributed by atoms with Crippen molar-refractivity contribution in [2.24, 2.45) is 0 Å². The second kappa shape index (κ2) is 4.49. The van der Waals surface area contributed by atoms with Crippen LogP contribution in [0.1, 0.15) is 18.7 Å². The predicted molar refractivity (Wildman–Crippen MR) is 69.8 cm³/mol. The lowest BCUT2D eigenvalue weighted by atomic mass is 10.1. The van der Waals surface area contributed by atoms with Crippen LogP contribution in [0.3, 0.4) is 0 Å². The molecule has 0 bridgehead atoms. The van der Waals surface area contributed by atoms with Crippen molar-refractivity contribution in [2.75, 3.05) is 18.9 Å². The number of carbonyl (C=O) groups excluding carboxylic acids is 1. The highest BCUT2D eigenvalue weighted by Gasteiger charge is 2.23. The van der Waals surface area contributed by atoms with E-state index in [1.54, 1.807) is 11.1 Å². The Hall–Kier alpha value is -2.18. The van der Waals surface area contributed by atoms with Gasteiger partial charge in [0.25, 0.3) is 0 Å². The fraction of sp³-hybridized carbons (Fsp3) is 0.500. The number of anilines is 1. The summed E-state index contributed by atoms with van der Waals surface area (Å²) in [5.41, 5.74) is 0.722. The molecule has 100 valence electrons. The number of hydrogen-bond donors (Lipinski definition) is 1. The summed E-state index contributed by atoms with van der Waals surface area (Å²) >= 11 is 0. The molecule has 1 aliphatic rings. The third-order valence-corrected chi connectivity index (χ3v) is 3.46. The number of likely N-dealkylation sites (N-methyl/N-ethyl adjacent to an activating group) is 1. The van der Waals surface area contributed by atoms with Crippen LogP contribution in [0.2, 0.25) is 0 Å². The molecule has 1 N–H and O–H groups in total. The average molecular weight is 260 g/mol. The highest BCUT2D eigenvalue weighted by atomic mass is 16.2. The van der Waals surface area contributed by atoms with E-state index in [1.807, 2.05) is 24.6 Å². The smallest absolute Gasteiger partial charge is 0.222 e. The summed E-state index contributed by atoms with van der Waals surface area (Å²) in [6, 6.07) is 0.207. The average Bonchev–Trinajstić information content (AvgIpc) is 2.77. The summed E-state index contributed by atoms with van der Waals surface area (Å²) in [4.78, 5) is 17.5. The molecule has 1 fully saturated rings. The molecule has 0 saturated carbocycles. The minimum atomic E-state index is 0.197. The first kappa shape index (κ1) is 11.9. The zero-order valence-corrected chi connectivity index (χ0v) is 11.0. The minimum absolute atomic E-state index is 0.197. The molecule has 19 heavy (non-hydrogen) atoms. The second-order valence-corrected chi connectivity index (χ2v) is 4.87. The van der Waals surface area contributed by atoms with E-state index in [2.05, 4.69) is 20.5 Å². The summed E-state index contributed by atoms with van der Waals surface area (Å²) in [5.74, 6) is 1.75. The SMILES string of the molecule is Cc1nnc2c(NC3CCC(=O)N(C)C3)nccn12. The molecule has 1 saturated heterocycles. The minimum Gasteiger partial charge on any atom is -0.362 e. The molecule has 2 aromatic heterocycles. The maximum Gasteiger partial charge on any atom is 0.222 e. The van der Waals surface area contributed by atoms with E-state index in [1.165, 1.54) is 0 Å². The summed E-state index contributed by atoms with van der Waals surface area (Å²) < 4.78 is 1.90. The Morgan fingerprint density at radius 3 is 3.05 bits per heavy atom. The topological polar surface area (TPSA) is 75.4 Å². The van der Waals surface area contributed by atoms with Gasteiger partial charge in [-0.3, -0.25) is 9.20 Å². The quantitative estimate of drug-likeness (QED) is 0.849. The molecule has 0 aliphatic carbocycles. The number of piperidine rings is 1. The third-order valence-electron chi connectivity index (χ3n) is 3.46. The number of fused-ring (bicyclic) bond motifs is 1. The Morgan fingerprint density at radius 1 is 1.42 bits per heavy atom. The van der Waals surface area contributed by atoms with Crippen molar-refractivity contribution in [3.63, 3.8) is 0 Å². The number of aryl methyl sites for hydroxylation is 1. The van der Waals surface area contributed by atoms with Gasteiger partial charge < -0.3 is 10.2 Å². The number of carbonyl (C=O) groups is 1. The summed E-state index contributed by atoms with van der Waals surface area (Å²) in [6.07, 6.45) is 4.96. The molecule has 1 aliphatic heterocycles. The van der Waals surface area contributed by atoms with Crippen LogP contribution in [-0.4, -0.2) is 50.0 Å². The molecule has 1 atom stereocenters. The van der Waals surface area contributed by atoms with Crippen molar-refractivity contribution in [3.8, 4) is 0 Å². The highest BCUT2D eigenvalue weighted by molar-refractivity contribution is 5.77. The molecule has 0 aromatic carbocycles. The van der Waals surface area contributed by atoms with Gasteiger partial charge >= 0.3 is 0 Å². The van der Waals surface area contributed by atoms with Gasteiger partial charge in [0.05, 0.1) is 0 Å². The van der Waals surface area contributed by atoms with Gasteiger partial charge in [-0.25, -0.2) is 4.98 Å². The van der Waals surface area contributed by atoms with Crippen LogP contribution >= 0.6 is 0 Å². The van der Waals surface area contributed by atoms with Gasteiger partial charge in [0, 0.05) is 38.4 Å². The van der Waals surface area contributed by atoms with Crippen molar-refractivity contribution in [1.29, 1.82) is 0 Å². The Labute approximate surface area is 110 Å². The molecule has 7 heteroatoms. The number of rotatable bonds is 2. The fourth-order valence-corrected chi connectivity index (χ4v) is 2.37. The summed E-state index contributed by atoms with van der Waals surface area (Å²) in [6.45, 7) is 2.59. The Bertz CT molecular complexity index is 622. The molecule has 0 spiro atoms. The summed E-state index contributed by atoms with van der Waals surface area (Å²) in [5, 5.41) is 11.5. The number of hydrogen-bond acceptors (Lipinski definition) is 5. The van der Waals surface area contributed by atoms with Crippen LogP contribution < -0.4 is 5.32 Å². The molecule has 3 heterocycles. The van der Waals surface area contributed by atoms with E-state index in [0.29, 0.717) is 13.0 Å². The molecular weight excluding hydrogens is 244 g/mol. The maximum atomic E-state index is 11.5. The largest absolute Gasteiger partial charge is 0.362 e. The van der Waals surface area contributed by atoms with Crippen molar-refractivity contribution >= 4 is 17.4 Å². The number of nitrogens with one attached hydrogen (secondary N) is 1. The molecular formula is C12H16N6O.